The van der Waals surface area contributed by atoms with Crippen molar-refractivity contribution in [2.45, 2.75) is 6.10 Å². The molecule has 27 heavy (non-hydrogen) atoms. The number of ketones is 1. The number of rotatable bonds is 6. The Morgan fingerprint density at radius 1 is 0.926 bits per heavy atom. The third kappa shape index (κ3) is 7.07. The minimum absolute atomic E-state index is 0. The Kier molecular flexibility index (Phi) is 10.3. The fraction of sp³-hybridized carbons (Fsp3) is 0.350. The number of piperazine rings is 1. The first-order valence-electron chi connectivity index (χ1n) is 8.58. The summed E-state index contributed by atoms with van der Waals surface area (Å²) in [4.78, 5) is 16.8. The van der Waals surface area contributed by atoms with Gasteiger partial charge in [0.25, 0.3) is 0 Å². The topological polar surface area (TPSA) is 43.8 Å². The van der Waals surface area contributed by atoms with Crippen molar-refractivity contribution >= 4 is 42.2 Å². The second-order valence-corrected chi connectivity index (χ2v) is 6.87. The second-order valence-electron chi connectivity index (χ2n) is 6.43. The summed E-state index contributed by atoms with van der Waals surface area (Å²) in [6, 6.07) is 16.8. The molecule has 0 saturated carbocycles. The monoisotopic (exact) mass is 430 g/mol. The van der Waals surface area contributed by atoms with Gasteiger partial charge < -0.3 is 5.11 Å². The molecule has 1 atom stereocenters. The van der Waals surface area contributed by atoms with E-state index in [0.29, 0.717) is 23.7 Å². The molecule has 0 aromatic heterocycles. The van der Waals surface area contributed by atoms with E-state index in [1.54, 1.807) is 24.3 Å². The van der Waals surface area contributed by atoms with Crippen molar-refractivity contribution in [2.24, 2.45) is 0 Å². The predicted octanol–water partition coefficient (Wildman–Crippen LogP) is 3.72. The van der Waals surface area contributed by atoms with Crippen molar-refractivity contribution in [3.63, 3.8) is 0 Å². The van der Waals surface area contributed by atoms with Gasteiger partial charge in [0.2, 0.25) is 0 Å². The molecule has 1 saturated heterocycles. The average Bonchev–Trinajstić information content (AvgIpc) is 2.64. The van der Waals surface area contributed by atoms with Crippen LogP contribution in [0.3, 0.4) is 0 Å². The minimum atomic E-state index is -0.469. The number of halogens is 3. The summed E-state index contributed by atoms with van der Waals surface area (Å²) in [6.45, 7) is 4.44. The van der Waals surface area contributed by atoms with E-state index in [4.69, 9.17) is 11.6 Å². The van der Waals surface area contributed by atoms with Crippen LogP contribution in [0.15, 0.2) is 54.6 Å². The molecule has 1 N–H and O–H groups in total. The van der Waals surface area contributed by atoms with E-state index in [1.807, 2.05) is 30.3 Å². The van der Waals surface area contributed by atoms with Gasteiger partial charge in [0.15, 0.2) is 5.78 Å². The average molecular weight is 432 g/mol. The number of aliphatic hydroxyl groups excluding tert-OH is 1. The fourth-order valence-corrected chi connectivity index (χ4v) is 3.21. The highest BCUT2D eigenvalue weighted by Gasteiger charge is 2.21. The first-order valence-corrected chi connectivity index (χ1v) is 8.96. The van der Waals surface area contributed by atoms with Gasteiger partial charge in [-0.25, -0.2) is 0 Å². The van der Waals surface area contributed by atoms with E-state index < -0.39 is 6.10 Å². The number of carbonyl (C=O) groups excluding carboxylic acids is 1. The Hall–Kier alpha value is -1.14. The van der Waals surface area contributed by atoms with Crippen LogP contribution in [0, 0.1) is 0 Å². The molecule has 2 aromatic rings. The summed E-state index contributed by atoms with van der Waals surface area (Å²) in [5.74, 6) is 0.120. The second kappa shape index (κ2) is 11.6. The van der Waals surface area contributed by atoms with Crippen molar-refractivity contribution in [1.82, 2.24) is 9.80 Å². The van der Waals surface area contributed by atoms with Crippen LogP contribution in [0.4, 0.5) is 0 Å². The highest BCUT2D eigenvalue weighted by Crippen LogP contribution is 2.15. The van der Waals surface area contributed by atoms with E-state index >= 15 is 0 Å². The zero-order valence-corrected chi connectivity index (χ0v) is 17.3. The zero-order chi connectivity index (χ0) is 17.6. The maximum Gasteiger partial charge on any atom is 0.176 e. The van der Waals surface area contributed by atoms with E-state index in [-0.39, 0.29) is 30.6 Å². The number of Topliss-reactive ketones (excluding diaryl/α,β-unsaturated/α-hetero) is 1. The van der Waals surface area contributed by atoms with Crippen molar-refractivity contribution in [3.8, 4) is 0 Å². The molecule has 0 amide bonds. The van der Waals surface area contributed by atoms with Crippen LogP contribution >= 0.6 is 36.4 Å². The van der Waals surface area contributed by atoms with Gasteiger partial charge in [-0.3, -0.25) is 14.6 Å². The van der Waals surface area contributed by atoms with Gasteiger partial charge >= 0.3 is 0 Å². The van der Waals surface area contributed by atoms with E-state index in [2.05, 4.69) is 9.80 Å². The summed E-state index contributed by atoms with van der Waals surface area (Å²) in [6.07, 6.45) is -0.469. The summed E-state index contributed by atoms with van der Waals surface area (Å²) in [7, 11) is 0. The van der Waals surface area contributed by atoms with E-state index in [9.17, 15) is 9.90 Å². The van der Waals surface area contributed by atoms with Gasteiger partial charge in [-0.1, -0.05) is 41.9 Å². The molecule has 1 fully saturated rings. The summed E-state index contributed by atoms with van der Waals surface area (Å²) in [5.41, 5.74) is 1.65. The Morgan fingerprint density at radius 3 is 2.07 bits per heavy atom. The predicted molar refractivity (Wildman–Crippen MR) is 115 cm³/mol. The van der Waals surface area contributed by atoms with Gasteiger partial charge in [-0.05, 0) is 29.8 Å². The molecule has 0 spiro atoms. The largest absolute Gasteiger partial charge is 0.387 e. The maximum atomic E-state index is 12.3. The van der Waals surface area contributed by atoms with Gasteiger partial charge in [-0.15, -0.1) is 24.8 Å². The number of hydrogen-bond acceptors (Lipinski definition) is 4. The number of hydrogen-bond donors (Lipinski definition) is 1. The molecule has 0 bridgehead atoms. The number of nitrogens with zero attached hydrogens (tertiary/aromatic N) is 2. The molecule has 1 aliphatic heterocycles. The molecule has 0 radical (unpaired) electrons. The summed E-state index contributed by atoms with van der Waals surface area (Å²) >= 11 is 5.86. The number of β-amino-alcohol motifs (C(OH)–C–C–N with tert-alkyl or cyclic N) is 1. The molecule has 3 rings (SSSR count). The maximum absolute atomic E-state index is 12.3. The minimum Gasteiger partial charge on any atom is -0.387 e. The van der Waals surface area contributed by atoms with Crippen molar-refractivity contribution < 1.29 is 9.90 Å². The van der Waals surface area contributed by atoms with Gasteiger partial charge in [-0.2, -0.15) is 0 Å². The third-order valence-electron chi connectivity index (χ3n) is 4.61. The molecule has 7 heteroatoms. The van der Waals surface area contributed by atoms with Crippen molar-refractivity contribution in [2.75, 3.05) is 39.3 Å². The van der Waals surface area contributed by atoms with Gasteiger partial charge in [0.05, 0.1) is 12.6 Å². The summed E-state index contributed by atoms with van der Waals surface area (Å²) in [5, 5.41) is 11.0. The molecule has 2 aromatic carbocycles. The molecule has 0 aliphatic carbocycles. The van der Waals surface area contributed by atoms with Crippen LogP contribution in [-0.4, -0.2) is 60.0 Å². The smallest absolute Gasteiger partial charge is 0.176 e. The van der Waals surface area contributed by atoms with Crippen molar-refractivity contribution in [1.29, 1.82) is 0 Å². The van der Waals surface area contributed by atoms with Crippen LogP contribution in [0.2, 0.25) is 5.02 Å². The number of carbonyl (C=O) groups is 1. The van der Waals surface area contributed by atoms with Crippen molar-refractivity contribution in [3.05, 3.63) is 70.7 Å². The Labute approximate surface area is 177 Å². The summed E-state index contributed by atoms with van der Waals surface area (Å²) < 4.78 is 0. The molecule has 4 nitrogen and oxygen atoms in total. The fourth-order valence-electron chi connectivity index (χ4n) is 3.09. The lowest BCUT2D eigenvalue weighted by atomic mass is 10.1. The van der Waals surface area contributed by atoms with Crippen LogP contribution in [0.1, 0.15) is 22.0 Å². The molecule has 1 unspecified atom stereocenters. The van der Waals surface area contributed by atoms with Crippen LogP contribution in [0.5, 0.6) is 0 Å². The number of benzene rings is 2. The molecule has 148 valence electrons. The standard InChI is InChI=1S/C20H23ClN2O2.2ClH/c21-18-8-6-17(7-9-18)20(25)15-23-12-10-22(11-13-23)14-19(24)16-4-2-1-3-5-16;;/h1-9,19,24H,10-15H2;2*1H. The zero-order valence-electron chi connectivity index (χ0n) is 15.0. The molecular weight excluding hydrogens is 407 g/mol. The normalized spacial score (nSPS) is 16.1. The van der Waals surface area contributed by atoms with Gasteiger partial charge in [0.1, 0.15) is 0 Å². The Morgan fingerprint density at radius 2 is 1.48 bits per heavy atom. The highest BCUT2D eigenvalue weighted by molar-refractivity contribution is 6.30. The van der Waals surface area contributed by atoms with E-state index in [0.717, 1.165) is 31.7 Å². The number of aliphatic hydroxyl groups is 1. The van der Waals surface area contributed by atoms with Crippen LogP contribution < -0.4 is 0 Å². The third-order valence-corrected chi connectivity index (χ3v) is 4.87. The lowest BCUT2D eigenvalue weighted by Crippen LogP contribution is -2.48. The first-order chi connectivity index (χ1) is 12.1. The molecule has 1 heterocycles. The first kappa shape index (κ1) is 23.9. The lowest BCUT2D eigenvalue weighted by Gasteiger charge is -2.35. The van der Waals surface area contributed by atoms with Crippen LogP contribution in [0.25, 0.3) is 0 Å². The Balaban J connectivity index is 0.00000182. The quantitative estimate of drug-likeness (QED) is 0.708. The Bertz CT molecular complexity index is 690. The van der Waals surface area contributed by atoms with Crippen LogP contribution in [-0.2, 0) is 0 Å². The lowest BCUT2D eigenvalue weighted by molar-refractivity contribution is 0.0663. The molecular formula is C20H25Cl3N2O2. The molecule has 1 aliphatic rings. The van der Waals surface area contributed by atoms with Gasteiger partial charge in [0, 0.05) is 43.3 Å². The highest BCUT2D eigenvalue weighted by atomic mass is 35.5. The van der Waals surface area contributed by atoms with E-state index in [1.165, 1.54) is 0 Å². The SMILES string of the molecule is Cl.Cl.O=C(CN1CCN(CC(O)c2ccccc2)CC1)c1ccc(Cl)cc1.